The van der Waals surface area contributed by atoms with Crippen molar-refractivity contribution in [3.8, 4) is 0 Å². The van der Waals surface area contributed by atoms with Gasteiger partial charge in [-0.05, 0) is 30.5 Å². The molecule has 1 aromatic rings. The molecule has 0 aliphatic rings. The summed E-state index contributed by atoms with van der Waals surface area (Å²) in [4.78, 5) is 0. The molecule has 0 aliphatic carbocycles. The Morgan fingerprint density at radius 3 is 2.33 bits per heavy atom. The van der Waals surface area contributed by atoms with E-state index in [9.17, 15) is 4.39 Å². The van der Waals surface area contributed by atoms with Gasteiger partial charge in [-0.15, -0.1) is 0 Å². The van der Waals surface area contributed by atoms with Crippen molar-refractivity contribution in [2.24, 2.45) is 5.92 Å². The van der Waals surface area contributed by atoms with Crippen LogP contribution in [-0.2, 0) is 4.74 Å². The van der Waals surface area contributed by atoms with Crippen LogP contribution in [-0.4, -0.2) is 6.61 Å². The molecule has 0 saturated heterocycles. The van der Waals surface area contributed by atoms with Crippen molar-refractivity contribution in [3.05, 3.63) is 35.6 Å². The number of benzene rings is 1. The van der Waals surface area contributed by atoms with Crippen molar-refractivity contribution >= 4 is 0 Å². The highest BCUT2D eigenvalue weighted by atomic mass is 19.1. The summed E-state index contributed by atoms with van der Waals surface area (Å²) in [5.41, 5.74) is 1.03. The fourth-order valence-corrected chi connectivity index (χ4v) is 1.26. The number of ether oxygens (including phenoxy) is 1. The molecule has 0 fully saturated rings. The van der Waals surface area contributed by atoms with E-state index in [1.807, 2.05) is 6.92 Å². The van der Waals surface area contributed by atoms with E-state index < -0.39 is 0 Å². The van der Waals surface area contributed by atoms with Crippen LogP contribution in [0.1, 0.15) is 38.9 Å². The van der Waals surface area contributed by atoms with E-state index in [0.717, 1.165) is 18.6 Å². The summed E-state index contributed by atoms with van der Waals surface area (Å²) in [6.07, 6.45) is 1.16. The smallest absolute Gasteiger partial charge is 0.123 e. The third-order valence-corrected chi connectivity index (χ3v) is 2.67. The Kier molecular flexibility index (Phi) is 4.76. The first-order chi connectivity index (χ1) is 7.13. The zero-order valence-electron chi connectivity index (χ0n) is 9.66. The second-order valence-electron chi connectivity index (χ2n) is 4.04. The van der Waals surface area contributed by atoms with Crippen LogP contribution >= 0.6 is 0 Å². The lowest BCUT2D eigenvalue weighted by atomic mass is 10.1. The highest BCUT2D eigenvalue weighted by molar-refractivity contribution is 5.18. The Bertz CT molecular complexity index is 281. The topological polar surface area (TPSA) is 9.23 Å². The van der Waals surface area contributed by atoms with Crippen LogP contribution in [0.2, 0.25) is 0 Å². The number of hydrogen-bond donors (Lipinski definition) is 0. The standard InChI is InChI=1S/C13H19FO/c1-4-10(2)9-15-11(3)12-5-7-13(14)8-6-12/h5-8,10-11H,4,9H2,1-3H3. The molecule has 0 bridgehead atoms. The van der Waals surface area contributed by atoms with Gasteiger partial charge in [0.05, 0.1) is 6.10 Å². The molecule has 84 valence electrons. The van der Waals surface area contributed by atoms with Gasteiger partial charge < -0.3 is 4.74 Å². The SMILES string of the molecule is CCC(C)COC(C)c1ccc(F)cc1. The molecule has 0 radical (unpaired) electrons. The van der Waals surface area contributed by atoms with Crippen LogP contribution in [0.5, 0.6) is 0 Å². The van der Waals surface area contributed by atoms with E-state index in [1.54, 1.807) is 12.1 Å². The van der Waals surface area contributed by atoms with E-state index in [0.29, 0.717) is 5.92 Å². The van der Waals surface area contributed by atoms with Gasteiger partial charge in [-0.2, -0.15) is 0 Å². The molecule has 15 heavy (non-hydrogen) atoms. The van der Waals surface area contributed by atoms with Gasteiger partial charge in [0, 0.05) is 6.61 Å². The van der Waals surface area contributed by atoms with E-state index in [4.69, 9.17) is 4.74 Å². The van der Waals surface area contributed by atoms with Crippen LogP contribution in [0.4, 0.5) is 4.39 Å². The van der Waals surface area contributed by atoms with Gasteiger partial charge in [-0.3, -0.25) is 0 Å². The molecule has 1 nitrogen and oxygen atoms in total. The second-order valence-corrected chi connectivity index (χ2v) is 4.04. The van der Waals surface area contributed by atoms with E-state index in [1.165, 1.54) is 12.1 Å². The molecule has 0 aromatic heterocycles. The Morgan fingerprint density at radius 1 is 1.20 bits per heavy atom. The van der Waals surface area contributed by atoms with Gasteiger partial charge in [-0.25, -0.2) is 4.39 Å². The zero-order valence-corrected chi connectivity index (χ0v) is 9.66. The van der Waals surface area contributed by atoms with Crippen LogP contribution in [0, 0.1) is 11.7 Å². The molecule has 2 unspecified atom stereocenters. The molecule has 2 atom stereocenters. The lowest BCUT2D eigenvalue weighted by molar-refractivity contribution is 0.0424. The first kappa shape index (κ1) is 12.2. The van der Waals surface area contributed by atoms with Crippen molar-refractivity contribution in [2.45, 2.75) is 33.3 Å². The molecule has 2 heteroatoms. The average molecular weight is 210 g/mol. The van der Waals surface area contributed by atoms with Crippen LogP contribution in [0.15, 0.2) is 24.3 Å². The first-order valence-corrected chi connectivity index (χ1v) is 5.50. The highest BCUT2D eigenvalue weighted by Gasteiger charge is 2.07. The van der Waals surface area contributed by atoms with Gasteiger partial charge >= 0.3 is 0 Å². The Labute approximate surface area is 91.3 Å². The van der Waals surface area contributed by atoms with Gasteiger partial charge in [-0.1, -0.05) is 32.4 Å². The third-order valence-electron chi connectivity index (χ3n) is 2.67. The molecule has 0 saturated carbocycles. The summed E-state index contributed by atoms with van der Waals surface area (Å²) >= 11 is 0. The van der Waals surface area contributed by atoms with Crippen LogP contribution in [0.25, 0.3) is 0 Å². The fraction of sp³-hybridized carbons (Fsp3) is 0.538. The molecule has 0 spiro atoms. The normalized spacial score (nSPS) is 14.9. The molecule has 1 aromatic carbocycles. The summed E-state index contributed by atoms with van der Waals surface area (Å²) < 4.78 is 18.4. The minimum Gasteiger partial charge on any atom is -0.374 e. The predicted octanol–water partition coefficient (Wildman–Crippen LogP) is 3.95. The highest BCUT2D eigenvalue weighted by Crippen LogP contribution is 2.18. The Balaban J connectivity index is 2.46. The summed E-state index contributed by atoms with van der Waals surface area (Å²) in [5.74, 6) is 0.376. The summed E-state index contributed by atoms with van der Waals surface area (Å²) in [6.45, 7) is 7.07. The minimum atomic E-state index is -0.201. The third kappa shape index (κ3) is 4.00. The summed E-state index contributed by atoms with van der Waals surface area (Å²) in [5, 5.41) is 0. The monoisotopic (exact) mass is 210 g/mol. The predicted molar refractivity (Wildman–Crippen MR) is 60.2 cm³/mol. The van der Waals surface area contributed by atoms with Gasteiger partial charge in [0.15, 0.2) is 0 Å². The lowest BCUT2D eigenvalue weighted by Gasteiger charge is -2.16. The lowest BCUT2D eigenvalue weighted by Crippen LogP contribution is -2.08. The maximum Gasteiger partial charge on any atom is 0.123 e. The summed E-state index contributed by atoms with van der Waals surface area (Å²) in [7, 11) is 0. The maximum atomic E-state index is 12.7. The largest absolute Gasteiger partial charge is 0.374 e. The van der Waals surface area contributed by atoms with E-state index in [2.05, 4.69) is 13.8 Å². The van der Waals surface area contributed by atoms with Crippen molar-refractivity contribution in [1.82, 2.24) is 0 Å². The fourth-order valence-electron chi connectivity index (χ4n) is 1.26. The number of hydrogen-bond acceptors (Lipinski definition) is 1. The molecule has 0 aliphatic heterocycles. The summed E-state index contributed by atoms with van der Waals surface area (Å²) in [6, 6.07) is 6.49. The van der Waals surface area contributed by atoms with E-state index in [-0.39, 0.29) is 11.9 Å². The van der Waals surface area contributed by atoms with Crippen molar-refractivity contribution in [1.29, 1.82) is 0 Å². The van der Waals surface area contributed by atoms with Crippen molar-refractivity contribution < 1.29 is 9.13 Å². The second kappa shape index (κ2) is 5.86. The molecular weight excluding hydrogens is 191 g/mol. The van der Waals surface area contributed by atoms with Crippen LogP contribution < -0.4 is 0 Å². The molecule has 0 N–H and O–H groups in total. The van der Waals surface area contributed by atoms with Crippen LogP contribution in [0.3, 0.4) is 0 Å². The molecular formula is C13H19FO. The maximum absolute atomic E-state index is 12.7. The molecule has 1 rings (SSSR count). The number of halogens is 1. The average Bonchev–Trinajstić information content (AvgIpc) is 2.26. The first-order valence-electron chi connectivity index (χ1n) is 5.50. The van der Waals surface area contributed by atoms with Gasteiger partial charge in [0.1, 0.15) is 5.82 Å². The van der Waals surface area contributed by atoms with Crippen molar-refractivity contribution in [2.75, 3.05) is 6.61 Å². The number of rotatable bonds is 5. The minimum absolute atomic E-state index is 0.0413. The molecule has 0 amide bonds. The zero-order chi connectivity index (χ0) is 11.3. The van der Waals surface area contributed by atoms with E-state index >= 15 is 0 Å². The Morgan fingerprint density at radius 2 is 1.80 bits per heavy atom. The molecule has 0 heterocycles. The van der Waals surface area contributed by atoms with Gasteiger partial charge in [0.2, 0.25) is 0 Å². The quantitative estimate of drug-likeness (QED) is 0.715. The van der Waals surface area contributed by atoms with Gasteiger partial charge in [0.25, 0.3) is 0 Å². The Hall–Kier alpha value is -0.890. The van der Waals surface area contributed by atoms with Crippen molar-refractivity contribution in [3.63, 3.8) is 0 Å².